The minimum atomic E-state index is 0.00663. The van der Waals surface area contributed by atoms with Crippen LogP contribution in [0, 0.1) is 23.7 Å². The van der Waals surface area contributed by atoms with Gasteiger partial charge in [-0.25, -0.2) is 0 Å². The van der Waals surface area contributed by atoms with Crippen molar-refractivity contribution in [2.45, 2.75) is 75.0 Å². The van der Waals surface area contributed by atoms with E-state index in [1.54, 1.807) is 5.56 Å². The fourth-order valence-electron chi connectivity index (χ4n) is 13.8. The molecule has 0 aliphatic heterocycles. The van der Waals surface area contributed by atoms with Crippen molar-refractivity contribution < 1.29 is 0 Å². The monoisotopic (exact) mass is 778 g/mol. The zero-order valence-corrected chi connectivity index (χ0v) is 34.6. The fraction of sp³-hybridized carbons (Fsp3) is 0.276. The molecular weight excluding hydrogens is 725 g/mol. The molecule has 6 aliphatic rings. The third-order valence-electron chi connectivity index (χ3n) is 15.9. The van der Waals surface area contributed by atoms with E-state index < -0.39 is 0 Å². The average Bonchev–Trinajstić information content (AvgIpc) is 3.57. The van der Waals surface area contributed by atoms with E-state index in [0.717, 1.165) is 11.8 Å². The van der Waals surface area contributed by atoms with Crippen LogP contribution in [0.25, 0.3) is 11.1 Å². The number of hydrogen-bond acceptors (Lipinski definition) is 2. The van der Waals surface area contributed by atoms with Crippen LogP contribution in [0.3, 0.4) is 0 Å². The van der Waals surface area contributed by atoms with Crippen molar-refractivity contribution in [2.24, 2.45) is 23.7 Å². The third kappa shape index (κ3) is 5.52. The standard InChI is InChI=1S/C58H54N2/c1-5-16-47(17-6-1)59(48-18-7-2-8-19-48)50-30-26-43(27-31-50)58(45-37-41-36-42(39-45)40-46(58)38-41)44-28-32-51(33-29-44)60(49-20-9-3-10-21-49)55-25-15-24-54-56(55)52-22-11-12-23-53(52)57(54)34-13-4-14-35-57/h1-3,5-12,15-33,41-42,45-46H,4,13-14,34-40H2. The molecule has 6 aliphatic carbocycles. The number of benzene rings is 7. The second-order valence-electron chi connectivity index (χ2n) is 18.8. The van der Waals surface area contributed by atoms with Crippen molar-refractivity contribution in [1.29, 1.82) is 0 Å². The van der Waals surface area contributed by atoms with Crippen molar-refractivity contribution in [3.63, 3.8) is 0 Å². The lowest BCUT2D eigenvalue weighted by molar-refractivity contribution is -0.0418. The Morgan fingerprint density at radius 3 is 1.37 bits per heavy atom. The molecule has 0 N–H and O–H groups in total. The van der Waals surface area contributed by atoms with Gasteiger partial charge in [0.25, 0.3) is 0 Å². The molecule has 2 nitrogen and oxygen atoms in total. The summed E-state index contributed by atoms with van der Waals surface area (Å²) in [6.07, 6.45) is 13.3. The highest BCUT2D eigenvalue weighted by Gasteiger charge is 2.58. The van der Waals surface area contributed by atoms with Gasteiger partial charge in [-0.15, -0.1) is 0 Å². The molecular formula is C58H54N2. The summed E-state index contributed by atoms with van der Waals surface area (Å²) >= 11 is 0. The van der Waals surface area contributed by atoms with E-state index in [0.29, 0.717) is 11.8 Å². The summed E-state index contributed by atoms with van der Waals surface area (Å²) in [6, 6.07) is 69.1. The minimum Gasteiger partial charge on any atom is -0.311 e. The van der Waals surface area contributed by atoms with Crippen molar-refractivity contribution in [3.05, 3.63) is 204 Å². The Morgan fingerprint density at radius 1 is 0.367 bits per heavy atom. The van der Waals surface area contributed by atoms with Gasteiger partial charge in [0.15, 0.2) is 0 Å². The average molecular weight is 779 g/mol. The molecule has 0 saturated heterocycles. The van der Waals surface area contributed by atoms with Gasteiger partial charge in [-0.3, -0.25) is 0 Å². The normalized spacial score (nSPS) is 24.2. The van der Waals surface area contributed by atoms with Gasteiger partial charge in [-0.05, 0) is 163 Å². The number of para-hydroxylation sites is 3. The van der Waals surface area contributed by atoms with Gasteiger partial charge in [0.05, 0.1) is 5.69 Å². The van der Waals surface area contributed by atoms with Gasteiger partial charge in [-0.1, -0.05) is 135 Å². The first-order valence-electron chi connectivity index (χ1n) is 22.9. The van der Waals surface area contributed by atoms with Gasteiger partial charge in [0.2, 0.25) is 0 Å². The lowest BCUT2D eigenvalue weighted by Gasteiger charge is -2.62. The number of hydrogen-bond donors (Lipinski definition) is 0. The van der Waals surface area contributed by atoms with E-state index >= 15 is 0 Å². The van der Waals surface area contributed by atoms with Crippen LogP contribution in [-0.4, -0.2) is 0 Å². The van der Waals surface area contributed by atoms with E-state index in [4.69, 9.17) is 0 Å². The first-order valence-corrected chi connectivity index (χ1v) is 22.9. The van der Waals surface area contributed by atoms with Crippen LogP contribution >= 0.6 is 0 Å². The second-order valence-corrected chi connectivity index (χ2v) is 18.8. The van der Waals surface area contributed by atoms with Crippen molar-refractivity contribution in [2.75, 3.05) is 9.80 Å². The molecule has 0 unspecified atom stereocenters. The van der Waals surface area contributed by atoms with Crippen LogP contribution in [0.5, 0.6) is 0 Å². The third-order valence-corrected chi connectivity index (χ3v) is 15.9. The van der Waals surface area contributed by atoms with Crippen LogP contribution in [0.15, 0.2) is 182 Å². The van der Waals surface area contributed by atoms with Gasteiger partial charge >= 0.3 is 0 Å². The maximum atomic E-state index is 2.56. The number of nitrogens with zero attached hydrogens (tertiary/aromatic N) is 2. The van der Waals surface area contributed by atoms with Crippen LogP contribution in [0.1, 0.15) is 86.5 Å². The number of fused-ring (bicyclic) bond motifs is 5. The van der Waals surface area contributed by atoms with Gasteiger partial charge in [0.1, 0.15) is 0 Å². The first-order chi connectivity index (χ1) is 29.7. The highest BCUT2D eigenvalue weighted by atomic mass is 15.1. The summed E-state index contributed by atoms with van der Waals surface area (Å²) in [6.45, 7) is 0. The maximum Gasteiger partial charge on any atom is 0.0543 e. The summed E-state index contributed by atoms with van der Waals surface area (Å²) in [5.41, 5.74) is 16.4. The van der Waals surface area contributed by atoms with E-state index in [9.17, 15) is 0 Å². The Labute approximate surface area is 356 Å². The molecule has 0 heterocycles. The Balaban J connectivity index is 0.979. The predicted molar refractivity (Wildman–Crippen MR) is 249 cm³/mol. The van der Waals surface area contributed by atoms with Crippen LogP contribution in [-0.2, 0) is 10.8 Å². The van der Waals surface area contributed by atoms with E-state index in [1.807, 2.05) is 0 Å². The molecule has 0 amide bonds. The second kappa shape index (κ2) is 14.4. The fourth-order valence-corrected chi connectivity index (χ4v) is 13.8. The molecule has 5 fully saturated rings. The van der Waals surface area contributed by atoms with Crippen LogP contribution in [0.2, 0.25) is 0 Å². The molecule has 7 aromatic rings. The Morgan fingerprint density at radius 2 is 0.817 bits per heavy atom. The van der Waals surface area contributed by atoms with Gasteiger partial charge in [-0.2, -0.15) is 0 Å². The largest absolute Gasteiger partial charge is 0.311 e. The molecule has 5 saturated carbocycles. The summed E-state index contributed by atoms with van der Waals surface area (Å²) in [4.78, 5) is 4.95. The highest BCUT2D eigenvalue weighted by Crippen LogP contribution is 2.66. The molecule has 0 aromatic heterocycles. The Kier molecular flexibility index (Phi) is 8.65. The number of anilines is 6. The topological polar surface area (TPSA) is 6.48 Å². The summed E-state index contributed by atoms with van der Waals surface area (Å²) in [5, 5.41) is 0. The zero-order chi connectivity index (χ0) is 39.7. The molecule has 1 spiro atoms. The summed E-state index contributed by atoms with van der Waals surface area (Å²) < 4.78 is 0. The molecule has 296 valence electrons. The molecule has 7 aromatic carbocycles. The van der Waals surface area contributed by atoms with Gasteiger partial charge < -0.3 is 9.80 Å². The SMILES string of the molecule is c1ccc(N(c2ccccc2)c2ccc(C3(c4ccc(N(c5ccccc5)c5cccc6c5-c5ccccc5C65CCCCC5)cc4)C4CC5CC(C4)CC3C5)cc2)cc1. The molecule has 2 heteroatoms. The first kappa shape index (κ1) is 36.0. The Bertz CT molecular complexity index is 2560. The molecule has 13 rings (SSSR count). The van der Waals surface area contributed by atoms with Crippen molar-refractivity contribution in [1.82, 2.24) is 0 Å². The molecule has 60 heavy (non-hydrogen) atoms. The number of rotatable bonds is 8. The van der Waals surface area contributed by atoms with Crippen molar-refractivity contribution >= 4 is 34.1 Å². The smallest absolute Gasteiger partial charge is 0.0543 e. The van der Waals surface area contributed by atoms with Gasteiger partial charge in [0, 0.05) is 44.8 Å². The van der Waals surface area contributed by atoms with Crippen molar-refractivity contribution in [3.8, 4) is 11.1 Å². The predicted octanol–water partition coefficient (Wildman–Crippen LogP) is 15.6. The van der Waals surface area contributed by atoms with Crippen LogP contribution in [0.4, 0.5) is 34.1 Å². The Hall–Kier alpha value is -5.86. The molecule has 0 radical (unpaired) electrons. The minimum absolute atomic E-state index is 0.00663. The van der Waals surface area contributed by atoms with E-state index in [-0.39, 0.29) is 10.8 Å². The maximum absolute atomic E-state index is 2.56. The summed E-state index contributed by atoms with van der Waals surface area (Å²) in [7, 11) is 0. The quantitative estimate of drug-likeness (QED) is 0.152. The molecule has 4 bridgehead atoms. The van der Waals surface area contributed by atoms with E-state index in [1.165, 1.54) is 126 Å². The van der Waals surface area contributed by atoms with E-state index in [2.05, 4.69) is 192 Å². The highest BCUT2D eigenvalue weighted by molar-refractivity contribution is 5.95. The van der Waals surface area contributed by atoms with Crippen LogP contribution < -0.4 is 9.80 Å². The lowest BCUT2D eigenvalue weighted by atomic mass is 9.42. The molecule has 0 atom stereocenters. The summed E-state index contributed by atoms with van der Waals surface area (Å²) in [5.74, 6) is 3.09. The zero-order valence-electron chi connectivity index (χ0n) is 34.6. The lowest BCUT2D eigenvalue weighted by Crippen LogP contribution is -2.56.